The molecule has 0 saturated heterocycles. The van der Waals surface area contributed by atoms with E-state index in [2.05, 4.69) is 15.9 Å². The minimum Gasteiger partial charge on any atom is -0.493 e. The average molecular weight is 409 g/mol. The molecule has 0 aliphatic carbocycles. The number of carbonyl (C=O) groups is 1. The first-order valence-corrected chi connectivity index (χ1v) is 8.39. The fourth-order valence-electron chi connectivity index (χ4n) is 2.49. The van der Waals surface area contributed by atoms with Crippen LogP contribution in [0.1, 0.15) is 15.9 Å². The van der Waals surface area contributed by atoms with Crippen LogP contribution in [0.5, 0.6) is 23.0 Å². The lowest BCUT2D eigenvalue weighted by molar-refractivity contribution is 0.0467. The topological polar surface area (TPSA) is 63.2 Å². The van der Waals surface area contributed by atoms with Crippen LogP contribution in [-0.4, -0.2) is 33.4 Å². The molecule has 0 unspecified atom stereocenters. The zero-order valence-electron chi connectivity index (χ0n) is 13.8. The molecular weight excluding hydrogens is 392 g/mol. The van der Waals surface area contributed by atoms with Gasteiger partial charge in [-0.1, -0.05) is 22.0 Å². The van der Waals surface area contributed by atoms with Crippen LogP contribution >= 0.6 is 15.9 Å². The molecule has 25 heavy (non-hydrogen) atoms. The molecule has 0 N–H and O–H groups in total. The number of halogens is 1. The lowest BCUT2D eigenvalue weighted by Gasteiger charge is -2.20. The van der Waals surface area contributed by atoms with Gasteiger partial charge in [-0.05, 0) is 24.3 Å². The van der Waals surface area contributed by atoms with E-state index in [1.807, 2.05) is 6.07 Å². The predicted molar refractivity (Wildman–Crippen MR) is 93.8 cm³/mol. The lowest BCUT2D eigenvalue weighted by atomic mass is 10.2. The van der Waals surface area contributed by atoms with Crippen LogP contribution in [0.3, 0.4) is 0 Å². The number of methoxy groups -OCH3 is 2. The number of para-hydroxylation sites is 1. The zero-order valence-corrected chi connectivity index (χ0v) is 15.4. The standard InChI is InChI=1S/C18H17BrO6/c1-21-14-5-3-4-12(17(14)22-2)18(20)25-10-11-8-15-16(9-13(11)19)24-7-6-23-15/h3-5,8-9H,6-7,10H2,1-2H3. The largest absolute Gasteiger partial charge is 0.493 e. The van der Waals surface area contributed by atoms with Crippen LogP contribution in [0.4, 0.5) is 0 Å². The maximum atomic E-state index is 12.4. The smallest absolute Gasteiger partial charge is 0.342 e. The van der Waals surface area contributed by atoms with Crippen molar-refractivity contribution in [3.63, 3.8) is 0 Å². The number of carbonyl (C=O) groups excluding carboxylic acids is 1. The molecule has 6 nitrogen and oxygen atoms in total. The van der Waals surface area contributed by atoms with E-state index in [4.69, 9.17) is 23.7 Å². The quantitative estimate of drug-likeness (QED) is 0.704. The molecule has 2 aromatic rings. The van der Waals surface area contributed by atoms with Gasteiger partial charge >= 0.3 is 5.97 Å². The van der Waals surface area contributed by atoms with Crippen LogP contribution in [0.2, 0.25) is 0 Å². The van der Waals surface area contributed by atoms with Crippen LogP contribution < -0.4 is 18.9 Å². The summed E-state index contributed by atoms with van der Waals surface area (Å²) in [5.74, 6) is 1.62. The molecule has 1 aliphatic rings. The summed E-state index contributed by atoms with van der Waals surface area (Å²) in [6.07, 6.45) is 0. The summed E-state index contributed by atoms with van der Waals surface area (Å²) in [7, 11) is 2.99. The summed E-state index contributed by atoms with van der Waals surface area (Å²) in [5, 5.41) is 0. The highest BCUT2D eigenvalue weighted by atomic mass is 79.9. The number of hydrogen-bond acceptors (Lipinski definition) is 6. The summed E-state index contributed by atoms with van der Waals surface area (Å²) in [4.78, 5) is 12.4. The van der Waals surface area contributed by atoms with Gasteiger partial charge in [0.05, 0.1) is 14.2 Å². The van der Waals surface area contributed by atoms with E-state index >= 15 is 0 Å². The van der Waals surface area contributed by atoms with Crippen LogP contribution in [-0.2, 0) is 11.3 Å². The minimum atomic E-state index is -0.502. The Labute approximate surface area is 153 Å². The molecule has 1 heterocycles. The van der Waals surface area contributed by atoms with Gasteiger partial charge in [0.1, 0.15) is 25.4 Å². The second kappa shape index (κ2) is 7.65. The Hall–Kier alpha value is -2.41. The Kier molecular flexibility index (Phi) is 5.33. The number of esters is 1. The highest BCUT2D eigenvalue weighted by Gasteiger charge is 2.19. The second-order valence-corrected chi connectivity index (χ2v) is 6.06. The molecular formula is C18H17BrO6. The maximum Gasteiger partial charge on any atom is 0.342 e. The third-order valence-electron chi connectivity index (χ3n) is 3.69. The minimum absolute atomic E-state index is 0.0798. The molecule has 0 fully saturated rings. The first kappa shape index (κ1) is 17.4. The molecule has 2 aromatic carbocycles. The van der Waals surface area contributed by atoms with E-state index in [1.54, 1.807) is 24.3 Å². The van der Waals surface area contributed by atoms with E-state index < -0.39 is 5.97 Å². The van der Waals surface area contributed by atoms with Crippen molar-refractivity contribution in [1.29, 1.82) is 0 Å². The van der Waals surface area contributed by atoms with Crippen LogP contribution in [0.15, 0.2) is 34.8 Å². The number of benzene rings is 2. The van der Waals surface area contributed by atoms with Gasteiger partial charge < -0.3 is 23.7 Å². The van der Waals surface area contributed by atoms with E-state index in [9.17, 15) is 4.79 Å². The van der Waals surface area contributed by atoms with Crippen LogP contribution in [0, 0.1) is 0 Å². The molecule has 132 valence electrons. The number of rotatable bonds is 5. The highest BCUT2D eigenvalue weighted by molar-refractivity contribution is 9.10. The van der Waals surface area contributed by atoms with Crippen LogP contribution in [0.25, 0.3) is 0 Å². The van der Waals surface area contributed by atoms with Crippen molar-refractivity contribution in [3.8, 4) is 23.0 Å². The predicted octanol–water partition coefficient (Wildman–Crippen LogP) is 3.59. The summed E-state index contributed by atoms with van der Waals surface area (Å²) >= 11 is 3.46. The molecule has 0 aromatic heterocycles. The molecule has 0 saturated carbocycles. The van der Waals surface area contributed by atoms with Crippen molar-refractivity contribution in [2.75, 3.05) is 27.4 Å². The molecule has 0 spiro atoms. The maximum absolute atomic E-state index is 12.4. The van der Waals surface area contributed by atoms with Gasteiger partial charge in [0.2, 0.25) is 0 Å². The molecule has 0 amide bonds. The van der Waals surface area contributed by atoms with Gasteiger partial charge in [-0.2, -0.15) is 0 Å². The van der Waals surface area contributed by atoms with Gasteiger partial charge in [-0.15, -0.1) is 0 Å². The van der Waals surface area contributed by atoms with Crippen molar-refractivity contribution in [1.82, 2.24) is 0 Å². The summed E-state index contributed by atoms with van der Waals surface area (Å²) in [6, 6.07) is 8.66. The molecule has 1 aliphatic heterocycles. The Morgan fingerprint density at radius 2 is 1.84 bits per heavy atom. The summed E-state index contributed by atoms with van der Waals surface area (Å²) < 4.78 is 27.7. The number of fused-ring (bicyclic) bond motifs is 1. The Bertz CT molecular complexity index is 789. The first-order valence-electron chi connectivity index (χ1n) is 7.60. The van der Waals surface area contributed by atoms with E-state index in [1.165, 1.54) is 14.2 Å². The summed E-state index contributed by atoms with van der Waals surface area (Å²) in [6.45, 7) is 1.09. The van der Waals surface area contributed by atoms with Gasteiger partial charge in [0.15, 0.2) is 23.0 Å². The highest BCUT2D eigenvalue weighted by Crippen LogP contribution is 2.36. The number of hydrogen-bond donors (Lipinski definition) is 0. The normalized spacial score (nSPS) is 12.4. The third-order valence-corrected chi connectivity index (χ3v) is 4.43. The average Bonchev–Trinajstić information content (AvgIpc) is 2.65. The van der Waals surface area contributed by atoms with Gasteiger partial charge in [-0.25, -0.2) is 4.79 Å². The Morgan fingerprint density at radius 3 is 2.52 bits per heavy atom. The first-order chi connectivity index (χ1) is 12.1. The Morgan fingerprint density at radius 1 is 1.12 bits per heavy atom. The number of ether oxygens (including phenoxy) is 5. The van der Waals surface area contributed by atoms with Gasteiger partial charge in [0, 0.05) is 10.0 Å². The Balaban J connectivity index is 1.77. The van der Waals surface area contributed by atoms with Crippen molar-refractivity contribution < 1.29 is 28.5 Å². The summed E-state index contributed by atoms with van der Waals surface area (Å²) in [5.41, 5.74) is 1.08. The lowest BCUT2D eigenvalue weighted by Crippen LogP contribution is -2.16. The molecule has 0 bridgehead atoms. The van der Waals surface area contributed by atoms with Crippen molar-refractivity contribution in [2.24, 2.45) is 0 Å². The van der Waals surface area contributed by atoms with E-state index in [-0.39, 0.29) is 6.61 Å². The molecule has 0 radical (unpaired) electrons. The van der Waals surface area contributed by atoms with Gasteiger partial charge in [-0.3, -0.25) is 0 Å². The SMILES string of the molecule is COc1cccc(C(=O)OCc2cc3c(cc2Br)OCCO3)c1OC. The van der Waals surface area contributed by atoms with Crippen molar-refractivity contribution in [3.05, 3.63) is 45.9 Å². The second-order valence-electron chi connectivity index (χ2n) is 5.20. The molecule has 0 atom stereocenters. The fraction of sp³-hybridized carbons (Fsp3) is 0.278. The molecule has 3 rings (SSSR count). The van der Waals surface area contributed by atoms with E-state index in [0.29, 0.717) is 41.8 Å². The van der Waals surface area contributed by atoms with Gasteiger partial charge in [0.25, 0.3) is 0 Å². The fourth-order valence-corrected chi connectivity index (χ4v) is 2.92. The molecule has 7 heteroatoms. The third kappa shape index (κ3) is 3.66. The van der Waals surface area contributed by atoms with Crippen molar-refractivity contribution >= 4 is 21.9 Å². The zero-order chi connectivity index (χ0) is 17.8. The van der Waals surface area contributed by atoms with Crippen molar-refractivity contribution in [2.45, 2.75) is 6.61 Å². The van der Waals surface area contributed by atoms with E-state index in [0.717, 1.165) is 10.0 Å². The monoisotopic (exact) mass is 408 g/mol.